The number of urea groups is 1. The number of methoxy groups -OCH3 is 2. The molecule has 116 valence electrons. The lowest BCUT2D eigenvalue weighted by atomic mass is 10.2. The van der Waals surface area contributed by atoms with Gasteiger partial charge in [-0.2, -0.15) is 0 Å². The minimum Gasteiger partial charge on any atom is -0.493 e. The van der Waals surface area contributed by atoms with E-state index in [1.807, 2.05) is 12.1 Å². The first-order valence-electron chi connectivity index (χ1n) is 6.63. The molecule has 0 spiro atoms. The Balaban J connectivity index is 1.94. The summed E-state index contributed by atoms with van der Waals surface area (Å²) in [6, 6.07) is 12.2. The highest BCUT2D eigenvalue weighted by Gasteiger charge is 2.07. The third-order valence-electron chi connectivity index (χ3n) is 2.98. The number of rotatable bonds is 5. The summed E-state index contributed by atoms with van der Waals surface area (Å²) in [6.07, 6.45) is 0. The molecule has 0 heterocycles. The van der Waals surface area contributed by atoms with Gasteiger partial charge in [-0.3, -0.25) is 0 Å². The largest absolute Gasteiger partial charge is 0.493 e. The zero-order valence-corrected chi connectivity index (χ0v) is 13.1. The van der Waals surface area contributed by atoms with Crippen LogP contribution in [0.15, 0.2) is 42.5 Å². The molecule has 2 amide bonds. The number of halogens is 1. The fourth-order valence-electron chi connectivity index (χ4n) is 1.92. The summed E-state index contributed by atoms with van der Waals surface area (Å²) < 4.78 is 10.3. The monoisotopic (exact) mass is 320 g/mol. The van der Waals surface area contributed by atoms with Crippen molar-refractivity contribution in [3.8, 4) is 11.5 Å². The molecule has 0 fully saturated rings. The molecule has 22 heavy (non-hydrogen) atoms. The third kappa shape index (κ3) is 4.30. The Morgan fingerprint density at radius 3 is 2.55 bits per heavy atom. The van der Waals surface area contributed by atoms with E-state index in [0.717, 1.165) is 5.56 Å². The molecule has 0 aliphatic carbocycles. The molecule has 5 nitrogen and oxygen atoms in total. The molecule has 6 heteroatoms. The number of amides is 2. The van der Waals surface area contributed by atoms with Gasteiger partial charge in [-0.1, -0.05) is 23.7 Å². The van der Waals surface area contributed by atoms with E-state index in [1.165, 1.54) is 0 Å². The van der Waals surface area contributed by atoms with Gasteiger partial charge in [-0.15, -0.1) is 0 Å². The Morgan fingerprint density at radius 2 is 1.86 bits per heavy atom. The zero-order chi connectivity index (χ0) is 15.9. The maximum absolute atomic E-state index is 11.9. The van der Waals surface area contributed by atoms with Crippen LogP contribution >= 0.6 is 11.6 Å². The highest BCUT2D eigenvalue weighted by atomic mass is 35.5. The lowest BCUT2D eigenvalue weighted by Gasteiger charge is -2.11. The van der Waals surface area contributed by atoms with Crippen molar-refractivity contribution in [2.24, 2.45) is 0 Å². The predicted octanol–water partition coefficient (Wildman–Crippen LogP) is 3.68. The second-order valence-electron chi connectivity index (χ2n) is 4.51. The summed E-state index contributed by atoms with van der Waals surface area (Å²) in [7, 11) is 3.10. The van der Waals surface area contributed by atoms with Crippen LogP contribution in [-0.4, -0.2) is 20.3 Å². The van der Waals surface area contributed by atoms with E-state index in [0.29, 0.717) is 28.8 Å². The van der Waals surface area contributed by atoms with Crippen molar-refractivity contribution in [1.82, 2.24) is 5.32 Å². The molecule has 0 aromatic heterocycles. The molecular formula is C16H17ClN2O3. The van der Waals surface area contributed by atoms with E-state index in [2.05, 4.69) is 10.6 Å². The van der Waals surface area contributed by atoms with Crippen molar-refractivity contribution in [3.63, 3.8) is 0 Å². The van der Waals surface area contributed by atoms with E-state index >= 15 is 0 Å². The molecule has 2 rings (SSSR count). The quantitative estimate of drug-likeness (QED) is 0.883. The van der Waals surface area contributed by atoms with Crippen LogP contribution in [0.25, 0.3) is 0 Å². The number of carbonyl (C=O) groups is 1. The van der Waals surface area contributed by atoms with Gasteiger partial charge in [0.15, 0.2) is 11.5 Å². The number of hydrogen-bond donors (Lipinski definition) is 2. The van der Waals surface area contributed by atoms with Crippen molar-refractivity contribution in [1.29, 1.82) is 0 Å². The van der Waals surface area contributed by atoms with E-state index < -0.39 is 0 Å². The predicted molar refractivity (Wildman–Crippen MR) is 86.9 cm³/mol. The summed E-state index contributed by atoms with van der Waals surface area (Å²) in [5.41, 5.74) is 1.54. The summed E-state index contributed by atoms with van der Waals surface area (Å²) in [5, 5.41) is 6.13. The van der Waals surface area contributed by atoms with Gasteiger partial charge in [0.05, 0.1) is 14.2 Å². The second-order valence-corrected chi connectivity index (χ2v) is 4.94. The van der Waals surface area contributed by atoms with Gasteiger partial charge in [0.1, 0.15) is 0 Å². The maximum Gasteiger partial charge on any atom is 0.319 e. The minimum absolute atomic E-state index is 0.313. The lowest BCUT2D eigenvalue weighted by Crippen LogP contribution is -2.28. The zero-order valence-electron chi connectivity index (χ0n) is 12.4. The van der Waals surface area contributed by atoms with Gasteiger partial charge in [-0.05, 0) is 29.8 Å². The van der Waals surface area contributed by atoms with Gasteiger partial charge in [0, 0.05) is 23.3 Å². The molecule has 0 aliphatic heterocycles. The van der Waals surface area contributed by atoms with Gasteiger partial charge >= 0.3 is 6.03 Å². The van der Waals surface area contributed by atoms with Crippen molar-refractivity contribution in [3.05, 3.63) is 53.1 Å². The van der Waals surface area contributed by atoms with E-state index in [-0.39, 0.29) is 6.03 Å². The van der Waals surface area contributed by atoms with Gasteiger partial charge in [0.25, 0.3) is 0 Å². The molecule has 0 saturated heterocycles. The van der Waals surface area contributed by atoms with Gasteiger partial charge < -0.3 is 20.1 Å². The van der Waals surface area contributed by atoms with Crippen molar-refractivity contribution >= 4 is 23.3 Å². The molecule has 0 saturated carbocycles. The van der Waals surface area contributed by atoms with E-state index in [1.54, 1.807) is 44.6 Å². The first-order chi connectivity index (χ1) is 10.6. The molecule has 2 aromatic rings. The Morgan fingerprint density at radius 1 is 1.09 bits per heavy atom. The fraction of sp³-hybridized carbons (Fsp3) is 0.188. The Bertz CT molecular complexity index is 662. The molecule has 0 radical (unpaired) electrons. The summed E-state index contributed by atoms with van der Waals surface area (Å²) in [6.45, 7) is 0.389. The average molecular weight is 321 g/mol. The van der Waals surface area contributed by atoms with Crippen LogP contribution in [0.3, 0.4) is 0 Å². The number of carbonyl (C=O) groups excluding carboxylic acids is 1. The molecule has 0 unspecified atom stereocenters. The topological polar surface area (TPSA) is 59.6 Å². The second kappa shape index (κ2) is 7.56. The molecule has 0 aliphatic rings. The van der Waals surface area contributed by atoms with Crippen LogP contribution in [0, 0.1) is 0 Å². The molecule has 2 aromatic carbocycles. The Labute approximate surface area is 134 Å². The molecule has 0 bridgehead atoms. The fourth-order valence-corrected chi connectivity index (χ4v) is 2.13. The minimum atomic E-state index is -0.313. The van der Waals surface area contributed by atoms with Crippen LogP contribution in [-0.2, 0) is 6.54 Å². The van der Waals surface area contributed by atoms with Crippen LogP contribution < -0.4 is 20.1 Å². The third-order valence-corrected chi connectivity index (χ3v) is 3.22. The van der Waals surface area contributed by atoms with Crippen LogP contribution in [0.2, 0.25) is 5.02 Å². The Kier molecular flexibility index (Phi) is 5.49. The first-order valence-corrected chi connectivity index (χ1v) is 7.01. The normalized spacial score (nSPS) is 9.95. The smallest absolute Gasteiger partial charge is 0.319 e. The van der Waals surface area contributed by atoms with Crippen LogP contribution in [0.4, 0.5) is 10.5 Å². The van der Waals surface area contributed by atoms with Crippen molar-refractivity contribution in [2.45, 2.75) is 6.54 Å². The highest BCUT2D eigenvalue weighted by molar-refractivity contribution is 6.30. The number of ether oxygens (including phenoxy) is 2. The standard InChI is InChI=1S/C16H17ClN2O3/c1-21-14-7-6-13(9-15(14)22-2)19-16(20)18-10-11-4-3-5-12(17)8-11/h3-9H,10H2,1-2H3,(H2,18,19,20). The van der Waals surface area contributed by atoms with Crippen molar-refractivity contribution in [2.75, 3.05) is 19.5 Å². The number of benzene rings is 2. The maximum atomic E-state index is 11.9. The lowest BCUT2D eigenvalue weighted by molar-refractivity contribution is 0.251. The number of anilines is 1. The molecule has 2 N–H and O–H groups in total. The van der Waals surface area contributed by atoms with E-state index in [9.17, 15) is 4.79 Å². The van der Waals surface area contributed by atoms with Crippen LogP contribution in [0.5, 0.6) is 11.5 Å². The van der Waals surface area contributed by atoms with Crippen LogP contribution in [0.1, 0.15) is 5.56 Å². The van der Waals surface area contributed by atoms with E-state index in [4.69, 9.17) is 21.1 Å². The molecular weight excluding hydrogens is 304 g/mol. The first kappa shape index (κ1) is 16.0. The average Bonchev–Trinajstić information content (AvgIpc) is 2.53. The number of hydrogen-bond acceptors (Lipinski definition) is 3. The summed E-state index contributed by atoms with van der Waals surface area (Å²) in [5.74, 6) is 1.16. The number of nitrogens with one attached hydrogen (secondary N) is 2. The molecule has 0 atom stereocenters. The van der Waals surface area contributed by atoms with Gasteiger partial charge in [0.2, 0.25) is 0 Å². The summed E-state index contributed by atoms with van der Waals surface area (Å²) in [4.78, 5) is 11.9. The highest BCUT2D eigenvalue weighted by Crippen LogP contribution is 2.29. The SMILES string of the molecule is COc1ccc(NC(=O)NCc2cccc(Cl)c2)cc1OC. The summed E-state index contributed by atoms with van der Waals surface area (Å²) >= 11 is 5.90. The Hall–Kier alpha value is -2.40. The van der Waals surface area contributed by atoms with Crippen molar-refractivity contribution < 1.29 is 14.3 Å². The van der Waals surface area contributed by atoms with Gasteiger partial charge in [-0.25, -0.2) is 4.79 Å².